The van der Waals surface area contributed by atoms with Gasteiger partial charge in [-0.2, -0.15) is 0 Å². The molecule has 0 spiro atoms. The monoisotopic (exact) mass is 1870 g/mol. The summed E-state index contributed by atoms with van der Waals surface area (Å²) in [6.07, 6.45) is -16.2. The molecule has 10 heterocycles. The van der Waals surface area contributed by atoms with Gasteiger partial charge in [-0.1, -0.05) is 137 Å². The van der Waals surface area contributed by atoms with Gasteiger partial charge >= 0.3 is 28.4 Å². The van der Waals surface area contributed by atoms with Crippen LogP contribution in [0.25, 0.3) is 0 Å². The lowest BCUT2D eigenvalue weighted by Gasteiger charge is -2.18. The molecule has 0 bridgehead atoms. The Morgan fingerprint density at radius 2 is 0.538 bits per heavy atom. The van der Waals surface area contributed by atoms with Crippen molar-refractivity contribution in [2.75, 3.05) is 33.0 Å². The summed E-state index contributed by atoms with van der Waals surface area (Å²) < 4.78 is 37.3. The minimum Gasteiger partial charge on any atom is -0.394 e. The lowest BCUT2D eigenvalue weighted by atomic mass is 10.1. The molecule has 0 aliphatic carbocycles. The molecular formula is C87H101Cl3N10O30. The molecule has 5 aliphatic heterocycles. The third kappa shape index (κ3) is 23.5. The lowest BCUT2D eigenvalue weighted by molar-refractivity contribution is -0.0556. The fourth-order valence-corrected chi connectivity index (χ4v) is 15.6. The Bertz CT molecular complexity index is 5850. The molecule has 43 heteroatoms. The summed E-state index contributed by atoms with van der Waals surface area (Å²) in [4.78, 5) is 124. The van der Waals surface area contributed by atoms with Gasteiger partial charge in [0.15, 0.2) is 31.1 Å². The van der Waals surface area contributed by atoms with Gasteiger partial charge in [0.25, 0.3) is 27.8 Å². The highest BCUT2D eigenvalue weighted by Gasteiger charge is 2.48. The summed E-state index contributed by atoms with van der Waals surface area (Å²) in [7, 11) is 0. The second-order valence-electron chi connectivity index (χ2n) is 31.2. The van der Waals surface area contributed by atoms with Crippen molar-refractivity contribution in [2.24, 2.45) is 0 Å². The van der Waals surface area contributed by atoms with Gasteiger partial charge in [-0.05, 0) is 104 Å². The summed E-state index contributed by atoms with van der Waals surface area (Å²) in [5.41, 5.74) is 1.11. The zero-order valence-electron chi connectivity index (χ0n) is 69.9. The first kappa shape index (κ1) is 100. The molecule has 10 aromatic rings. The van der Waals surface area contributed by atoms with Crippen molar-refractivity contribution in [3.8, 4) is 0 Å². The molecular weight excluding hydrogens is 1770 g/mol. The van der Waals surface area contributed by atoms with Crippen LogP contribution in [-0.4, -0.2) is 247 Å². The van der Waals surface area contributed by atoms with E-state index in [9.17, 15) is 119 Å². The molecule has 130 heavy (non-hydrogen) atoms. The van der Waals surface area contributed by atoms with Crippen LogP contribution in [0.1, 0.15) is 70.1 Å². The Hall–Kier alpha value is -10.4. The Morgan fingerprint density at radius 3 is 0.815 bits per heavy atom. The third-order valence-corrected chi connectivity index (χ3v) is 23.4. The molecule has 15 rings (SSSR count). The molecule has 5 aromatic carbocycles. The van der Waals surface area contributed by atoms with E-state index >= 15 is 0 Å². The maximum absolute atomic E-state index is 12.7. The first-order valence-electron chi connectivity index (χ1n) is 41.2. The zero-order valence-corrected chi connectivity index (χ0v) is 72.2. The number of hydrogen-bond acceptors (Lipinski definition) is 30. The van der Waals surface area contributed by atoms with Crippen LogP contribution in [0.2, 0.25) is 15.1 Å². The highest BCUT2D eigenvalue weighted by atomic mass is 35.5. The number of rotatable bonds is 25. The second kappa shape index (κ2) is 45.6. The van der Waals surface area contributed by atoms with E-state index in [0.29, 0.717) is 47.2 Å². The molecule has 5 unspecified atom stereocenters. The predicted octanol–water partition coefficient (Wildman–Crippen LogP) is -3.10. The van der Waals surface area contributed by atoms with Crippen molar-refractivity contribution >= 4 is 34.8 Å². The van der Waals surface area contributed by atoms with E-state index in [0.717, 1.165) is 84.6 Å². The van der Waals surface area contributed by atoms with E-state index in [1.54, 1.807) is 60.7 Å². The minimum absolute atomic E-state index is 0.0943. The SMILES string of the molecule is Cc1ccc(CCn2c(=O)ccn([C@@H]3O[C@H](CO)[C@H](O)C3O)c2=O)cc1.Cc1cccc(CCn2c(=O)ccn([C@@H]3O[C@H](CO)[C@H](O)C3O)c2=O)c1.O=c1ccn([C@@H]2O[C@H](CO)[C@H](O)C2O)c(=O)n1CCc1ccc(Cl)cc1.O=c1ccn([C@@H]2O[C@H](CO)[C@H](O)C2O)c(=O)n1CCc1cccc(Cl)c1.O=c1ccn([C@@H]2O[C@H](CO)[C@H](O)C2O)c(=O)n1CCc1ccccc1Cl. The molecule has 15 N–H and O–H groups in total. The maximum Gasteiger partial charge on any atom is 0.333 e. The Morgan fingerprint density at radius 1 is 0.269 bits per heavy atom. The Kier molecular flexibility index (Phi) is 35.1. The molecule has 5 aliphatic rings. The largest absolute Gasteiger partial charge is 0.394 e. The molecule has 0 radical (unpaired) electrons. The Balaban J connectivity index is 0.000000157. The van der Waals surface area contributed by atoms with Crippen molar-refractivity contribution in [3.63, 3.8) is 0 Å². The van der Waals surface area contributed by atoms with E-state index in [4.69, 9.17) is 63.6 Å². The lowest BCUT2D eigenvalue weighted by Crippen LogP contribution is -2.43. The third-order valence-electron chi connectivity index (χ3n) is 22.5. The van der Waals surface area contributed by atoms with Crippen molar-refractivity contribution in [1.82, 2.24) is 45.7 Å². The van der Waals surface area contributed by atoms with Crippen molar-refractivity contribution in [2.45, 2.75) is 201 Å². The van der Waals surface area contributed by atoms with Crippen LogP contribution < -0.4 is 56.2 Å². The molecule has 5 fully saturated rings. The van der Waals surface area contributed by atoms with E-state index < -0.39 is 212 Å². The molecule has 0 amide bonds. The van der Waals surface area contributed by atoms with Crippen molar-refractivity contribution < 1.29 is 100 Å². The zero-order chi connectivity index (χ0) is 94.2. The standard InChI is InChI=1S/2C18H22N2O6.3C17H19ClN2O6/c1-11-2-4-12(5-3-11)6-8-19-14(22)7-9-20(18(19)25)17-16(24)15(23)13(10-21)26-17;1-11-3-2-4-12(9-11)5-7-19-14(22)6-8-20(18(19)25)17-16(24)15(23)13(10-21)26-17;18-11-3-1-10(2-4-11)5-7-19-13(22)6-8-20(17(19)25)16-15(24)14(23)12(9-21)26-16;18-11-3-1-2-10(8-11)4-6-19-13(22)5-7-20(17(19)25)16-15(24)14(23)12(9-21)26-16;18-11-4-2-1-3-10(11)5-7-19-13(22)6-8-20(17(19)25)16-15(24)14(23)12(9-21)26-16/h2-5,7,9,13,15-17,21,23-24H,6,8,10H2,1H3;2-4,6,8-9,13,15-17,21,23-24H,5,7,10H2,1H3;1-4,6,8,12,14-16,21,23-24H,5,7,9H2;1-3,5,7-8,12,14-16,21,23-24H,4,6,9H2;1-4,6,8,12,14-16,21,23-24H,5,7,9H2/t2*13-,15+,16?,17-;3*12-,14+,15?,16-/m11111/s1. The number of halogens is 3. The van der Waals surface area contributed by atoms with Gasteiger partial charge in [0, 0.05) is 109 Å². The highest BCUT2D eigenvalue weighted by Crippen LogP contribution is 2.33. The Labute approximate surface area is 752 Å². The normalized spacial score (nSPS) is 25.5. The molecule has 5 saturated heterocycles. The minimum atomic E-state index is -1.40. The molecule has 5 aromatic heterocycles. The van der Waals surface area contributed by atoms with Crippen LogP contribution >= 0.6 is 34.8 Å². The number of nitrogens with zero attached hydrogens (tertiary/aromatic N) is 10. The number of aryl methyl sites for hydroxylation is 7. The summed E-state index contributed by atoms with van der Waals surface area (Å²) in [6, 6.07) is 42.9. The number of aliphatic hydroxyl groups is 15. The highest BCUT2D eigenvalue weighted by molar-refractivity contribution is 6.31. The summed E-state index contributed by atoms with van der Waals surface area (Å²) in [5, 5.41) is 147. The average Bonchev–Trinajstić information content (AvgIpc) is 1.18. The topological polar surface area (TPSA) is 570 Å². The molecule has 20 atom stereocenters. The van der Waals surface area contributed by atoms with Crippen molar-refractivity contribution in [3.05, 3.63) is 341 Å². The van der Waals surface area contributed by atoms with Gasteiger partial charge in [-0.3, -0.25) is 69.6 Å². The van der Waals surface area contributed by atoms with Crippen LogP contribution in [0.4, 0.5) is 0 Å². The summed E-state index contributed by atoms with van der Waals surface area (Å²) >= 11 is 17.9. The van der Waals surface area contributed by atoms with Crippen LogP contribution in [0, 0.1) is 13.8 Å². The van der Waals surface area contributed by atoms with Gasteiger partial charge in [0.2, 0.25) is 0 Å². The van der Waals surface area contributed by atoms with Crippen LogP contribution in [0.3, 0.4) is 0 Å². The number of ether oxygens (including phenoxy) is 5. The quantitative estimate of drug-likeness (QED) is 0.0269. The predicted molar refractivity (Wildman–Crippen MR) is 465 cm³/mol. The van der Waals surface area contributed by atoms with Gasteiger partial charge in [-0.25, -0.2) is 24.0 Å². The van der Waals surface area contributed by atoms with Gasteiger partial charge < -0.3 is 100 Å². The molecule has 700 valence electrons. The summed E-state index contributed by atoms with van der Waals surface area (Å²) in [6.45, 7) is 2.16. The second-order valence-corrected chi connectivity index (χ2v) is 32.5. The molecule has 0 saturated carbocycles. The van der Waals surface area contributed by atoms with Gasteiger partial charge in [0.05, 0.1) is 33.0 Å². The number of aromatic nitrogens is 10. The first-order valence-corrected chi connectivity index (χ1v) is 42.3. The smallest absolute Gasteiger partial charge is 0.333 e. The van der Waals surface area contributed by atoms with E-state index in [1.807, 2.05) is 74.5 Å². The fourth-order valence-electron chi connectivity index (χ4n) is 15.1. The van der Waals surface area contributed by atoms with Crippen LogP contribution in [0.5, 0.6) is 0 Å². The maximum atomic E-state index is 12.7. The molecule has 40 nitrogen and oxygen atoms in total. The average molecular weight is 1870 g/mol. The number of benzene rings is 5. The number of aliphatic hydroxyl groups excluding tert-OH is 15. The van der Waals surface area contributed by atoms with E-state index in [2.05, 4.69) is 0 Å². The fraction of sp³-hybridized carbons (Fsp3) is 0.425. The van der Waals surface area contributed by atoms with E-state index in [-0.39, 0.29) is 32.7 Å². The first-order chi connectivity index (χ1) is 62.1. The van der Waals surface area contributed by atoms with Gasteiger partial charge in [0.1, 0.15) is 91.6 Å². The van der Waals surface area contributed by atoms with E-state index in [1.165, 1.54) is 61.3 Å². The summed E-state index contributed by atoms with van der Waals surface area (Å²) in [5.74, 6) is 0. The number of hydrogen-bond donors (Lipinski definition) is 15. The van der Waals surface area contributed by atoms with Crippen molar-refractivity contribution in [1.29, 1.82) is 0 Å². The van der Waals surface area contributed by atoms with Crippen LogP contribution in [-0.2, 0) is 88.5 Å². The van der Waals surface area contributed by atoms with Gasteiger partial charge in [-0.15, -0.1) is 0 Å². The van der Waals surface area contributed by atoms with Crippen LogP contribution in [0.15, 0.2) is 231 Å².